The Morgan fingerprint density at radius 1 is 1.15 bits per heavy atom. The van der Waals surface area contributed by atoms with Gasteiger partial charge in [0.1, 0.15) is 5.82 Å². The van der Waals surface area contributed by atoms with Crippen LogP contribution in [0.2, 0.25) is 0 Å². The normalized spacial score (nSPS) is 12.0. The first-order chi connectivity index (χ1) is 12.5. The highest BCUT2D eigenvalue weighted by atomic mass is 16.1. The lowest BCUT2D eigenvalue weighted by Crippen LogP contribution is -2.14. The lowest BCUT2D eigenvalue weighted by molar-refractivity contribution is 0.0967. The first-order valence-corrected chi connectivity index (χ1v) is 8.40. The number of para-hydroxylation sites is 1. The van der Waals surface area contributed by atoms with Gasteiger partial charge in [0.25, 0.3) is 0 Å². The van der Waals surface area contributed by atoms with Gasteiger partial charge in [0.15, 0.2) is 5.92 Å². The summed E-state index contributed by atoms with van der Waals surface area (Å²) in [6.45, 7) is 6.00. The molecule has 1 aromatic carbocycles. The van der Waals surface area contributed by atoms with Gasteiger partial charge in [-0.1, -0.05) is 38.1 Å². The first-order valence-electron chi connectivity index (χ1n) is 8.40. The molecule has 2 heterocycles. The number of hydrogen-bond acceptors (Lipinski definition) is 5. The van der Waals surface area contributed by atoms with Gasteiger partial charge in [0.2, 0.25) is 11.6 Å². The number of aryl methyl sites for hydroxylation is 1. The van der Waals surface area contributed by atoms with Crippen LogP contribution in [-0.4, -0.2) is 25.5 Å². The summed E-state index contributed by atoms with van der Waals surface area (Å²) in [5, 5.41) is 13.8. The summed E-state index contributed by atoms with van der Waals surface area (Å²) in [4.78, 5) is 21.2. The van der Waals surface area contributed by atoms with E-state index in [0.29, 0.717) is 17.4 Å². The molecule has 1 atom stereocenters. The molecule has 6 nitrogen and oxygen atoms in total. The highest BCUT2D eigenvalue weighted by Crippen LogP contribution is 2.24. The Bertz CT molecular complexity index is 969. The topological polar surface area (TPSA) is 84.5 Å². The minimum absolute atomic E-state index is 0.0262. The van der Waals surface area contributed by atoms with Crippen LogP contribution in [0.1, 0.15) is 53.4 Å². The Kier molecular flexibility index (Phi) is 4.90. The molecule has 0 radical (unpaired) electrons. The van der Waals surface area contributed by atoms with E-state index in [1.165, 1.54) is 0 Å². The van der Waals surface area contributed by atoms with Crippen molar-refractivity contribution in [3.63, 3.8) is 0 Å². The average Bonchev–Trinajstić information content (AvgIpc) is 3.04. The Morgan fingerprint density at radius 2 is 1.88 bits per heavy atom. The van der Waals surface area contributed by atoms with Gasteiger partial charge in [-0.2, -0.15) is 5.26 Å². The van der Waals surface area contributed by atoms with Crippen molar-refractivity contribution in [3.05, 3.63) is 71.6 Å². The van der Waals surface area contributed by atoms with E-state index < -0.39 is 11.7 Å². The van der Waals surface area contributed by atoms with Crippen molar-refractivity contribution >= 4 is 5.78 Å². The quantitative estimate of drug-likeness (QED) is 0.660. The van der Waals surface area contributed by atoms with Gasteiger partial charge >= 0.3 is 0 Å². The lowest BCUT2D eigenvalue weighted by atomic mass is 10.0. The Labute approximate surface area is 152 Å². The molecule has 130 valence electrons. The molecule has 0 N–H and O–H groups in total. The number of rotatable bonds is 5. The van der Waals surface area contributed by atoms with E-state index in [-0.39, 0.29) is 5.82 Å². The molecule has 0 aliphatic carbocycles. The van der Waals surface area contributed by atoms with E-state index in [2.05, 4.69) is 28.9 Å². The van der Waals surface area contributed by atoms with Crippen LogP contribution in [0.25, 0.3) is 5.69 Å². The smallest absolute Gasteiger partial charge is 0.225 e. The Morgan fingerprint density at radius 3 is 2.54 bits per heavy atom. The Balaban J connectivity index is 2.01. The maximum absolute atomic E-state index is 12.8. The van der Waals surface area contributed by atoms with Crippen LogP contribution in [-0.2, 0) is 0 Å². The molecular weight excluding hydrogens is 326 g/mol. The summed E-state index contributed by atoms with van der Waals surface area (Å²) in [5.74, 6) is -0.548. The van der Waals surface area contributed by atoms with Gasteiger partial charge in [-0.05, 0) is 36.6 Å². The number of hydrogen-bond donors (Lipinski definition) is 0. The van der Waals surface area contributed by atoms with Gasteiger partial charge in [-0.15, -0.1) is 5.10 Å². The number of Topliss-reactive ketones (excluding diaryl/α,β-unsaturated/α-hetero) is 1. The van der Waals surface area contributed by atoms with Crippen LogP contribution in [0.5, 0.6) is 0 Å². The minimum Gasteiger partial charge on any atom is -0.289 e. The fourth-order valence-electron chi connectivity index (χ4n) is 2.83. The number of nitriles is 1. The van der Waals surface area contributed by atoms with Crippen molar-refractivity contribution in [2.45, 2.75) is 32.6 Å². The number of ketones is 1. The molecule has 0 fully saturated rings. The van der Waals surface area contributed by atoms with E-state index in [0.717, 1.165) is 11.3 Å². The number of nitrogens with zero attached hydrogens (tertiary/aromatic N) is 5. The molecule has 6 heteroatoms. The first kappa shape index (κ1) is 17.5. The fourth-order valence-corrected chi connectivity index (χ4v) is 2.83. The SMILES string of the molecule is Cc1nc(C(=O)[C@H](C#N)c2ccccn2)nn1-c1ccccc1C(C)C. The van der Waals surface area contributed by atoms with E-state index in [1.54, 1.807) is 36.0 Å². The molecule has 0 aliphatic rings. The third kappa shape index (κ3) is 3.24. The molecule has 0 unspecified atom stereocenters. The molecular formula is C20H19N5O. The van der Waals surface area contributed by atoms with Crippen LogP contribution in [0.15, 0.2) is 48.7 Å². The zero-order valence-corrected chi connectivity index (χ0v) is 14.9. The second-order valence-electron chi connectivity index (χ2n) is 6.29. The molecule has 0 bridgehead atoms. The third-order valence-corrected chi connectivity index (χ3v) is 4.15. The fraction of sp³-hybridized carbons (Fsp3) is 0.250. The van der Waals surface area contributed by atoms with Crippen LogP contribution in [0, 0.1) is 18.3 Å². The van der Waals surface area contributed by atoms with Gasteiger partial charge in [0.05, 0.1) is 17.5 Å². The number of pyridine rings is 1. The maximum Gasteiger partial charge on any atom is 0.225 e. The molecule has 0 spiro atoms. The Hall–Kier alpha value is -3.33. The monoisotopic (exact) mass is 345 g/mol. The van der Waals surface area contributed by atoms with Crippen molar-refractivity contribution in [3.8, 4) is 11.8 Å². The van der Waals surface area contributed by atoms with Crippen molar-refractivity contribution in [2.24, 2.45) is 0 Å². The summed E-state index contributed by atoms with van der Waals surface area (Å²) in [6, 6.07) is 15.0. The van der Waals surface area contributed by atoms with Crippen LogP contribution >= 0.6 is 0 Å². The summed E-state index contributed by atoms with van der Waals surface area (Å²) < 4.78 is 1.66. The van der Waals surface area contributed by atoms with Crippen LogP contribution < -0.4 is 0 Å². The predicted octanol–water partition coefficient (Wildman–Crippen LogP) is 3.58. The number of carbonyl (C=O) groups is 1. The second-order valence-corrected chi connectivity index (χ2v) is 6.29. The van der Waals surface area contributed by atoms with Crippen LogP contribution in [0.4, 0.5) is 0 Å². The van der Waals surface area contributed by atoms with Crippen molar-refractivity contribution < 1.29 is 4.79 Å². The zero-order valence-electron chi connectivity index (χ0n) is 14.9. The molecule has 0 saturated carbocycles. The van der Waals surface area contributed by atoms with E-state index in [4.69, 9.17) is 0 Å². The maximum atomic E-state index is 12.8. The molecule has 0 aliphatic heterocycles. The van der Waals surface area contributed by atoms with Gasteiger partial charge in [-0.3, -0.25) is 9.78 Å². The molecule has 3 aromatic rings. The third-order valence-electron chi connectivity index (χ3n) is 4.15. The average molecular weight is 345 g/mol. The zero-order chi connectivity index (χ0) is 18.7. The summed E-state index contributed by atoms with van der Waals surface area (Å²) in [7, 11) is 0. The standard InChI is InChI=1S/C20H19N5O/c1-13(2)15-8-4-5-10-18(15)25-14(3)23-20(24-25)19(26)16(12-21)17-9-6-7-11-22-17/h4-11,13,16H,1-3H3/t16-/m1/s1. The largest absolute Gasteiger partial charge is 0.289 e. The summed E-state index contributed by atoms with van der Waals surface area (Å²) in [6.07, 6.45) is 1.56. The molecule has 0 amide bonds. The number of benzene rings is 1. The highest BCUT2D eigenvalue weighted by Gasteiger charge is 2.27. The number of carbonyl (C=O) groups excluding carboxylic acids is 1. The van der Waals surface area contributed by atoms with Gasteiger partial charge < -0.3 is 0 Å². The van der Waals surface area contributed by atoms with Crippen molar-refractivity contribution in [2.75, 3.05) is 0 Å². The summed E-state index contributed by atoms with van der Waals surface area (Å²) >= 11 is 0. The van der Waals surface area contributed by atoms with Gasteiger partial charge in [-0.25, -0.2) is 9.67 Å². The number of aromatic nitrogens is 4. The van der Waals surface area contributed by atoms with E-state index in [9.17, 15) is 10.1 Å². The van der Waals surface area contributed by atoms with E-state index in [1.807, 2.05) is 30.3 Å². The molecule has 2 aromatic heterocycles. The van der Waals surface area contributed by atoms with Gasteiger partial charge in [0, 0.05) is 6.20 Å². The second kappa shape index (κ2) is 7.28. The molecule has 26 heavy (non-hydrogen) atoms. The highest BCUT2D eigenvalue weighted by molar-refractivity contribution is 5.99. The van der Waals surface area contributed by atoms with Crippen molar-refractivity contribution in [1.82, 2.24) is 19.7 Å². The van der Waals surface area contributed by atoms with Crippen LogP contribution in [0.3, 0.4) is 0 Å². The van der Waals surface area contributed by atoms with Crippen molar-refractivity contribution in [1.29, 1.82) is 5.26 Å². The predicted molar refractivity (Wildman–Crippen MR) is 97.1 cm³/mol. The molecule has 0 saturated heterocycles. The van der Waals surface area contributed by atoms with E-state index >= 15 is 0 Å². The lowest BCUT2D eigenvalue weighted by Gasteiger charge is -2.12. The molecule has 3 rings (SSSR count). The summed E-state index contributed by atoms with van der Waals surface area (Å²) in [5.41, 5.74) is 2.40. The minimum atomic E-state index is -1.02.